The third kappa shape index (κ3) is 5.90. The Morgan fingerprint density at radius 2 is 1.96 bits per heavy atom. The zero-order chi connectivity index (χ0) is 19.1. The van der Waals surface area contributed by atoms with Gasteiger partial charge in [-0.05, 0) is 80.5 Å². The lowest BCUT2D eigenvalue weighted by atomic mass is 9.79. The van der Waals surface area contributed by atoms with Gasteiger partial charge in [0.15, 0.2) is 0 Å². The summed E-state index contributed by atoms with van der Waals surface area (Å²) in [5.41, 5.74) is 2.81. The monoisotopic (exact) mass is 385 g/mol. The van der Waals surface area contributed by atoms with Gasteiger partial charge in [-0.25, -0.2) is 4.39 Å². The number of hydrogen-bond donors (Lipinski definition) is 0. The van der Waals surface area contributed by atoms with Crippen molar-refractivity contribution in [2.75, 3.05) is 0 Å². The van der Waals surface area contributed by atoms with Crippen LogP contribution in [0.15, 0.2) is 48.7 Å². The lowest BCUT2D eigenvalue weighted by Gasteiger charge is -2.26. The molecule has 0 saturated heterocycles. The van der Waals surface area contributed by atoms with Gasteiger partial charge in [-0.15, -0.1) is 0 Å². The molecule has 0 radical (unpaired) electrons. The maximum absolute atomic E-state index is 13.6. The van der Waals surface area contributed by atoms with E-state index in [-0.39, 0.29) is 5.02 Å². The van der Waals surface area contributed by atoms with Crippen LogP contribution in [0, 0.1) is 17.7 Å². The number of unbranched alkanes of at least 4 members (excludes halogenated alkanes) is 1. The van der Waals surface area contributed by atoms with E-state index >= 15 is 0 Å². The Morgan fingerprint density at radius 3 is 2.63 bits per heavy atom. The summed E-state index contributed by atoms with van der Waals surface area (Å²) in [4.78, 5) is 4.52. The van der Waals surface area contributed by atoms with Crippen molar-refractivity contribution in [3.8, 4) is 11.3 Å². The average Bonchev–Trinajstić information content (AvgIpc) is 2.70. The Bertz CT molecular complexity index is 745. The smallest absolute Gasteiger partial charge is 0.142 e. The van der Waals surface area contributed by atoms with Crippen LogP contribution in [-0.4, -0.2) is 4.98 Å². The SMILES string of the molecule is CCC/C=C/C1CCC(CCc2ccc(-c3ccc(Cl)c(F)c3)nc2)CC1. The van der Waals surface area contributed by atoms with Crippen molar-refractivity contribution >= 4 is 11.6 Å². The predicted octanol–water partition coefficient (Wildman–Crippen LogP) is 7.64. The molecule has 0 N–H and O–H groups in total. The third-order valence-electron chi connectivity index (χ3n) is 5.64. The molecule has 0 bridgehead atoms. The molecule has 1 fully saturated rings. The minimum Gasteiger partial charge on any atom is -0.256 e. The molecule has 3 heteroatoms. The van der Waals surface area contributed by atoms with Crippen LogP contribution in [0.2, 0.25) is 5.02 Å². The van der Waals surface area contributed by atoms with Crippen molar-refractivity contribution in [2.45, 2.75) is 58.3 Å². The molecule has 1 aliphatic rings. The summed E-state index contributed by atoms with van der Waals surface area (Å²) in [7, 11) is 0. The molecule has 1 aromatic heterocycles. The van der Waals surface area contributed by atoms with Crippen LogP contribution in [0.3, 0.4) is 0 Å². The number of hydrogen-bond acceptors (Lipinski definition) is 1. The van der Waals surface area contributed by atoms with Crippen molar-refractivity contribution in [3.05, 3.63) is 65.1 Å². The van der Waals surface area contributed by atoms with Gasteiger partial charge < -0.3 is 0 Å². The van der Waals surface area contributed by atoms with Crippen molar-refractivity contribution in [2.24, 2.45) is 11.8 Å². The van der Waals surface area contributed by atoms with Gasteiger partial charge in [0.25, 0.3) is 0 Å². The summed E-state index contributed by atoms with van der Waals surface area (Å²) < 4.78 is 13.6. The maximum atomic E-state index is 13.6. The van der Waals surface area contributed by atoms with Crippen LogP contribution >= 0.6 is 11.6 Å². The number of rotatable bonds is 7. The molecule has 1 nitrogen and oxygen atoms in total. The summed E-state index contributed by atoms with van der Waals surface area (Å²) >= 11 is 5.75. The summed E-state index contributed by atoms with van der Waals surface area (Å²) in [6.07, 6.45) is 16.9. The van der Waals surface area contributed by atoms with E-state index in [0.717, 1.165) is 29.5 Å². The molecule has 27 heavy (non-hydrogen) atoms. The summed E-state index contributed by atoms with van der Waals surface area (Å²) in [6.45, 7) is 2.23. The number of pyridine rings is 1. The first-order valence-electron chi connectivity index (χ1n) is 10.2. The van der Waals surface area contributed by atoms with Gasteiger partial charge in [0, 0.05) is 11.8 Å². The fraction of sp³-hybridized carbons (Fsp3) is 0.458. The Hall–Kier alpha value is -1.67. The molecule has 1 aromatic carbocycles. The standard InChI is InChI=1S/C24H29ClFN/c1-2-3-4-5-18-6-8-19(9-7-18)10-11-20-12-15-24(27-17-20)21-13-14-22(25)23(26)16-21/h4-5,12-19H,2-3,6-11H2,1H3/b5-4+. The topological polar surface area (TPSA) is 12.9 Å². The Balaban J connectivity index is 1.47. The summed E-state index contributed by atoms with van der Waals surface area (Å²) in [6, 6.07) is 8.93. The Labute approximate surface area is 167 Å². The highest BCUT2D eigenvalue weighted by molar-refractivity contribution is 6.30. The van der Waals surface area contributed by atoms with Crippen molar-refractivity contribution in [1.82, 2.24) is 4.98 Å². The molecule has 0 amide bonds. The van der Waals surface area contributed by atoms with E-state index in [4.69, 9.17) is 11.6 Å². The van der Waals surface area contributed by atoms with E-state index in [1.165, 1.54) is 56.6 Å². The number of benzene rings is 1. The highest BCUT2D eigenvalue weighted by Gasteiger charge is 2.19. The fourth-order valence-electron chi connectivity index (χ4n) is 3.89. The molecule has 0 spiro atoms. The number of allylic oxidation sites excluding steroid dienone is 2. The zero-order valence-electron chi connectivity index (χ0n) is 16.1. The van der Waals surface area contributed by atoms with Crippen molar-refractivity contribution in [1.29, 1.82) is 0 Å². The van der Waals surface area contributed by atoms with Gasteiger partial charge in [0.1, 0.15) is 5.82 Å². The molecule has 1 saturated carbocycles. The highest BCUT2D eigenvalue weighted by atomic mass is 35.5. The van der Waals surface area contributed by atoms with Crippen LogP contribution in [0.1, 0.15) is 57.4 Å². The van der Waals surface area contributed by atoms with E-state index in [0.29, 0.717) is 0 Å². The first kappa shape index (κ1) is 20.1. The molecular formula is C24H29ClFN. The predicted molar refractivity (Wildman–Crippen MR) is 112 cm³/mol. The largest absolute Gasteiger partial charge is 0.256 e. The van der Waals surface area contributed by atoms with Gasteiger partial charge in [0.2, 0.25) is 0 Å². The lowest BCUT2D eigenvalue weighted by Crippen LogP contribution is -2.13. The van der Waals surface area contributed by atoms with Crippen LogP contribution in [0.25, 0.3) is 11.3 Å². The number of aromatic nitrogens is 1. The first-order chi connectivity index (χ1) is 13.2. The Kier molecular flexibility index (Phi) is 7.46. The molecule has 3 rings (SSSR count). The van der Waals surface area contributed by atoms with E-state index in [9.17, 15) is 4.39 Å². The minimum absolute atomic E-state index is 0.144. The maximum Gasteiger partial charge on any atom is 0.142 e. The molecule has 1 aliphatic carbocycles. The second kappa shape index (κ2) is 10.0. The quantitative estimate of drug-likeness (QED) is 0.446. The van der Waals surface area contributed by atoms with Gasteiger partial charge in [0.05, 0.1) is 10.7 Å². The van der Waals surface area contributed by atoms with E-state index in [1.807, 2.05) is 12.3 Å². The molecule has 0 unspecified atom stereocenters. The van der Waals surface area contributed by atoms with Crippen LogP contribution < -0.4 is 0 Å². The second-order valence-corrected chi connectivity index (χ2v) is 8.12. The molecular weight excluding hydrogens is 357 g/mol. The van der Waals surface area contributed by atoms with Crippen LogP contribution in [-0.2, 0) is 6.42 Å². The first-order valence-corrected chi connectivity index (χ1v) is 10.6. The van der Waals surface area contributed by atoms with Gasteiger partial charge in [-0.3, -0.25) is 4.98 Å². The molecule has 0 aliphatic heterocycles. The van der Waals surface area contributed by atoms with Gasteiger partial charge in [-0.1, -0.05) is 49.2 Å². The van der Waals surface area contributed by atoms with Crippen molar-refractivity contribution in [3.63, 3.8) is 0 Å². The Morgan fingerprint density at radius 1 is 1.15 bits per heavy atom. The third-order valence-corrected chi connectivity index (χ3v) is 5.94. The molecule has 0 atom stereocenters. The zero-order valence-corrected chi connectivity index (χ0v) is 16.9. The van der Waals surface area contributed by atoms with Crippen LogP contribution in [0.4, 0.5) is 4.39 Å². The molecule has 1 heterocycles. The highest BCUT2D eigenvalue weighted by Crippen LogP contribution is 2.32. The summed E-state index contributed by atoms with van der Waals surface area (Å²) in [5.74, 6) is 1.24. The number of aryl methyl sites for hydroxylation is 1. The van der Waals surface area contributed by atoms with E-state index < -0.39 is 5.82 Å². The second-order valence-electron chi connectivity index (χ2n) is 7.72. The number of halogens is 2. The normalized spacial score (nSPS) is 20.3. The van der Waals surface area contributed by atoms with Crippen LogP contribution in [0.5, 0.6) is 0 Å². The lowest BCUT2D eigenvalue weighted by molar-refractivity contribution is 0.296. The van der Waals surface area contributed by atoms with Gasteiger partial charge >= 0.3 is 0 Å². The molecule has 2 aromatic rings. The van der Waals surface area contributed by atoms with E-state index in [2.05, 4.69) is 30.1 Å². The van der Waals surface area contributed by atoms with E-state index in [1.54, 1.807) is 12.1 Å². The average molecular weight is 386 g/mol. The minimum atomic E-state index is -0.403. The molecule has 144 valence electrons. The fourth-order valence-corrected chi connectivity index (χ4v) is 4.01. The van der Waals surface area contributed by atoms with Crippen molar-refractivity contribution < 1.29 is 4.39 Å². The van der Waals surface area contributed by atoms with Gasteiger partial charge in [-0.2, -0.15) is 0 Å². The number of nitrogens with zero attached hydrogens (tertiary/aromatic N) is 1. The summed E-state index contributed by atoms with van der Waals surface area (Å²) in [5, 5.41) is 0.144.